The Hall–Kier alpha value is -1.26. The second-order valence-electron chi connectivity index (χ2n) is 8.51. The first kappa shape index (κ1) is 19.5. The SMILES string of the molecule is Cc1ccc(NC(=O)N2CCC(CN3CC(C)CC(C)C3)CC2)c(Cl)c1. The highest BCUT2D eigenvalue weighted by atomic mass is 35.5. The molecule has 2 heterocycles. The molecule has 2 fully saturated rings. The molecule has 1 aromatic rings. The molecule has 0 saturated carbocycles. The third-order valence-electron chi connectivity index (χ3n) is 5.73. The van der Waals surface area contributed by atoms with Crippen molar-refractivity contribution in [1.82, 2.24) is 9.80 Å². The van der Waals surface area contributed by atoms with Gasteiger partial charge in [-0.05, 0) is 61.6 Å². The highest BCUT2D eigenvalue weighted by Gasteiger charge is 2.27. The molecular weight excluding hydrogens is 346 g/mol. The lowest BCUT2D eigenvalue weighted by Crippen LogP contribution is -2.46. The summed E-state index contributed by atoms with van der Waals surface area (Å²) in [7, 11) is 0. The summed E-state index contributed by atoms with van der Waals surface area (Å²) in [6.45, 7) is 12.0. The van der Waals surface area contributed by atoms with E-state index in [0.29, 0.717) is 16.6 Å². The molecule has 0 bridgehead atoms. The Morgan fingerprint density at radius 2 is 1.85 bits per heavy atom. The maximum Gasteiger partial charge on any atom is 0.321 e. The van der Waals surface area contributed by atoms with Gasteiger partial charge in [-0.3, -0.25) is 0 Å². The van der Waals surface area contributed by atoms with E-state index in [-0.39, 0.29) is 6.03 Å². The monoisotopic (exact) mass is 377 g/mol. The van der Waals surface area contributed by atoms with Crippen LogP contribution in [-0.4, -0.2) is 48.6 Å². The average molecular weight is 378 g/mol. The Morgan fingerprint density at radius 1 is 1.19 bits per heavy atom. The lowest BCUT2D eigenvalue weighted by molar-refractivity contribution is 0.101. The summed E-state index contributed by atoms with van der Waals surface area (Å²) in [5.74, 6) is 2.33. The fourth-order valence-corrected chi connectivity index (χ4v) is 4.82. The number of hydrogen-bond acceptors (Lipinski definition) is 2. The van der Waals surface area contributed by atoms with Crippen LogP contribution in [0.25, 0.3) is 0 Å². The Bertz CT molecular complexity index is 618. The molecule has 2 saturated heterocycles. The quantitative estimate of drug-likeness (QED) is 0.815. The minimum absolute atomic E-state index is 0.0329. The summed E-state index contributed by atoms with van der Waals surface area (Å²) in [5.41, 5.74) is 1.79. The molecular formula is C21H32ClN3O. The van der Waals surface area contributed by atoms with Gasteiger partial charge in [0.25, 0.3) is 0 Å². The number of halogens is 1. The largest absolute Gasteiger partial charge is 0.325 e. The number of anilines is 1. The molecule has 2 atom stereocenters. The number of likely N-dealkylation sites (tertiary alicyclic amines) is 2. The molecule has 0 aromatic heterocycles. The maximum atomic E-state index is 12.5. The van der Waals surface area contributed by atoms with E-state index < -0.39 is 0 Å². The van der Waals surface area contributed by atoms with E-state index in [9.17, 15) is 4.79 Å². The molecule has 5 heteroatoms. The first-order chi connectivity index (χ1) is 12.4. The van der Waals surface area contributed by atoms with Crippen LogP contribution in [0, 0.1) is 24.7 Å². The van der Waals surface area contributed by atoms with Gasteiger partial charge in [0, 0.05) is 32.7 Å². The molecule has 2 amide bonds. The van der Waals surface area contributed by atoms with Crippen molar-refractivity contribution in [1.29, 1.82) is 0 Å². The van der Waals surface area contributed by atoms with Crippen LogP contribution in [0.2, 0.25) is 5.02 Å². The standard InChI is InChI=1S/C21H32ClN3O/c1-15-4-5-20(19(22)11-15)23-21(26)25-8-6-18(7-9-25)14-24-12-16(2)10-17(3)13-24/h4-5,11,16-18H,6-10,12-14H2,1-3H3,(H,23,26). The molecule has 0 radical (unpaired) electrons. The zero-order valence-electron chi connectivity index (χ0n) is 16.3. The highest BCUT2D eigenvalue weighted by molar-refractivity contribution is 6.33. The van der Waals surface area contributed by atoms with E-state index in [1.165, 1.54) is 26.1 Å². The second kappa shape index (κ2) is 8.62. The highest BCUT2D eigenvalue weighted by Crippen LogP contribution is 2.26. The minimum Gasteiger partial charge on any atom is -0.325 e. The van der Waals surface area contributed by atoms with Crippen molar-refractivity contribution >= 4 is 23.3 Å². The van der Waals surface area contributed by atoms with Crippen molar-refractivity contribution in [2.24, 2.45) is 17.8 Å². The van der Waals surface area contributed by atoms with E-state index in [0.717, 1.165) is 43.3 Å². The van der Waals surface area contributed by atoms with E-state index in [2.05, 4.69) is 24.1 Å². The molecule has 26 heavy (non-hydrogen) atoms. The molecule has 0 aliphatic carbocycles. The third kappa shape index (κ3) is 5.14. The summed E-state index contributed by atoms with van der Waals surface area (Å²) < 4.78 is 0. The lowest BCUT2D eigenvalue weighted by atomic mass is 9.89. The van der Waals surface area contributed by atoms with Crippen molar-refractivity contribution in [2.75, 3.05) is 38.0 Å². The average Bonchev–Trinajstić information content (AvgIpc) is 2.57. The number of benzene rings is 1. The van der Waals surface area contributed by atoms with Gasteiger partial charge in [-0.15, -0.1) is 0 Å². The normalized spacial score (nSPS) is 25.3. The number of aryl methyl sites for hydroxylation is 1. The number of nitrogens with zero attached hydrogens (tertiary/aromatic N) is 2. The third-order valence-corrected chi connectivity index (χ3v) is 6.04. The van der Waals surface area contributed by atoms with Crippen molar-refractivity contribution in [3.63, 3.8) is 0 Å². The fraction of sp³-hybridized carbons (Fsp3) is 0.667. The Balaban J connectivity index is 1.46. The second-order valence-corrected chi connectivity index (χ2v) is 8.92. The van der Waals surface area contributed by atoms with Crippen LogP contribution in [0.5, 0.6) is 0 Å². The summed E-state index contributed by atoms with van der Waals surface area (Å²) in [6.07, 6.45) is 3.54. The van der Waals surface area contributed by atoms with E-state index in [4.69, 9.17) is 11.6 Å². The van der Waals surface area contributed by atoms with Gasteiger partial charge < -0.3 is 15.1 Å². The molecule has 144 valence electrons. The Kier molecular flexibility index (Phi) is 6.46. The number of rotatable bonds is 3. The number of hydrogen-bond donors (Lipinski definition) is 1. The van der Waals surface area contributed by atoms with Crippen LogP contribution >= 0.6 is 11.6 Å². The predicted molar refractivity (Wildman–Crippen MR) is 109 cm³/mol. The maximum absolute atomic E-state index is 12.5. The molecule has 3 rings (SSSR count). The van der Waals surface area contributed by atoms with Gasteiger partial charge in [0.1, 0.15) is 0 Å². The van der Waals surface area contributed by atoms with Crippen LogP contribution in [0.3, 0.4) is 0 Å². The number of piperidine rings is 2. The van der Waals surface area contributed by atoms with Crippen LogP contribution in [-0.2, 0) is 0 Å². The Labute approximate surface area is 162 Å². The van der Waals surface area contributed by atoms with E-state index in [1.807, 2.05) is 30.0 Å². The molecule has 0 spiro atoms. The molecule has 2 unspecified atom stereocenters. The molecule has 1 N–H and O–H groups in total. The van der Waals surface area contributed by atoms with Gasteiger partial charge in [-0.1, -0.05) is 31.5 Å². The zero-order valence-corrected chi connectivity index (χ0v) is 17.1. The summed E-state index contributed by atoms with van der Waals surface area (Å²) in [4.78, 5) is 17.1. The summed E-state index contributed by atoms with van der Waals surface area (Å²) in [6, 6.07) is 5.69. The van der Waals surface area contributed by atoms with Crippen molar-refractivity contribution in [3.8, 4) is 0 Å². The molecule has 4 nitrogen and oxygen atoms in total. The number of urea groups is 1. The first-order valence-electron chi connectivity index (χ1n) is 9.95. The number of nitrogens with one attached hydrogen (secondary N) is 1. The van der Waals surface area contributed by atoms with E-state index >= 15 is 0 Å². The van der Waals surface area contributed by atoms with Crippen LogP contribution < -0.4 is 5.32 Å². The topological polar surface area (TPSA) is 35.6 Å². The minimum atomic E-state index is -0.0329. The van der Waals surface area contributed by atoms with Gasteiger partial charge >= 0.3 is 6.03 Å². The van der Waals surface area contributed by atoms with Crippen LogP contribution in [0.4, 0.5) is 10.5 Å². The molecule has 2 aliphatic rings. The van der Waals surface area contributed by atoms with E-state index in [1.54, 1.807) is 0 Å². The van der Waals surface area contributed by atoms with Gasteiger partial charge in [0.05, 0.1) is 10.7 Å². The summed E-state index contributed by atoms with van der Waals surface area (Å²) in [5, 5.41) is 3.56. The smallest absolute Gasteiger partial charge is 0.321 e. The van der Waals surface area contributed by atoms with Crippen molar-refractivity contribution < 1.29 is 4.79 Å². The number of amides is 2. The predicted octanol–water partition coefficient (Wildman–Crippen LogP) is 4.87. The van der Waals surface area contributed by atoms with Crippen LogP contribution in [0.1, 0.15) is 38.7 Å². The first-order valence-corrected chi connectivity index (χ1v) is 10.3. The van der Waals surface area contributed by atoms with Gasteiger partial charge in [-0.25, -0.2) is 4.79 Å². The van der Waals surface area contributed by atoms with Crippen LogP contribution in [0.15, 0.2) is 18.2 Å². The number of carbonyl (C=O) groups excluding carboxylic acids is 1. The van der Waals surface area contributed by atoms with Gasteiger partial charge in [-0.2, -0.15) is 0 Å². The van der Waals surface area contributed by atoms with Crippen molar-refractivity contribution in [2.45, 2.75) is 40.0 Å². The zero-order chi connectivity index (χ0) is 18.7. The van der Waals surface area contributed by atoms with Gasteiger partial charge in [0.15, 0.2) is 0 Å². The lowest BCUT2D eigenvalue weighted by Gasteiger charge is -2.39. The molecule has 1 aromatic carbocycles. The van der Waals surface area contributed by atoms with Crippen molar-refractivity contribution in [3.05, 3.63) is 28.8 Å². The molecule has 2 aliphatic heterocycles. The summed E-state index contributed by atoms with van der Waals surface area (Å²) >= 11 is 6.23. The fourth-order valence-electron chi connectivity index (χ4n) is 4.54. The Morgan fingerprint density at radius 3 is 2.46 bits per heavy atom. The van der Waals surface area contributed by atoms with Gasteiger partial charge in [0.2, 0.25) is 0 Å². The number of carbonyl (C=O) groups is 1.